The highest BCUT2D eigenvalue weighted by molar-refractivity contribution is 7.09. The third kappa shape index (κ3) is 3.66. The van der Waals surface area contributed by atoms with Gasteiger partial charge in [-0.1, -0.05) is 17.7 Å². The molecule has 0 spiro atoms. The van der Waals surface area contributed by atoms with Crippen molar-refractivity contribution in [3.8, 4) is 0 Å². The van der Waals surface area contributed by atoms with Crippen molar-refractivity contribution in [2.75, 3.05) is 19.6 Å². The van der Waals surface area contributed by atoms with Gasteiger partial charge in [0.15, 0.2) is 0 Å². The molecule has 1 aliphatic heterocycles. The molecule has 0 saturated carbocycles. The second-order valence-electron chi connectivity index (χ2n) is 5.63. The molecule has 3 rings (SSSR count). The van der Waals surface area contributed by atoms with E-state index < -0.39 is 6.10 Å². The maximum Gasteiger partial charge on any atom is 0.124 e. The molecule has 1 atom stereocenters. The van der Waals surface area contributed by atoms with Crippen LogP contribution in [0.3, 0.4) is 0 Å². The van der Waals surface area contributed by atoms with Crippen molar-refractivity contribution < 1.29 is 9.50 Å². The second kappa shape index (κ2) is 7.04. The minimum absolute atomic E-state index is 0.283. The lowest BCUT2D eigenvalue weighted by Crippen LogP contribution is -2.36. The highest BCUT2D eigenvalue weighted by Gasteiger charge is 2.24. The Kier molecular flexibility index (Phi) is 5.08. The van der Waals surface area contributed by atoms with Gasteiger partial charge in [-0.25, -0.2) is 9.37 Å². The Hall–Kier alpha value is -1.01. The molecule has 2 aromatic rings. The quantitative estimate of drug-likeness (QED) is 0.918. The molecule has 1 fully saturated rings. The number of hydrogen-bond donors (Lipinski definition) is 1. The normalized spacial score (nSPS) is 18.5. The van der Waals surface area contributed by atoms with Gasteiger partial charge < -0.3 is 10.0 Å². The van der Waals surface area contributed by atoms with Crippen molar-refractivity contribution in [1.29, 1.82) is 0 Å². The third-order valence-electron chi connectivity index (χ3n) is 4.14. The van der Waals surface area contributed by atoms with Gasteiger partial charge in [-0.15, -0.1) is 11.3 Å². The van der Waals surface area contributed by atoms with Gasteiger partial charge in [0.2, 0.25) is 0 Å². The smallest absolute Gasteiger partial charge is 0.124 e. The summed E-state index contributed by atoms with van der Waals surface area (Å²) in [6, 6.07) is 4.14. The van der Waals surface area contributed by atoms with Crippen LogP contribution >= 0.6 is 22.9 Å². The Bertz CT molecular complexity index is 615. The molecule has 118 valence electrons. The van der Waals surface area contributed by atoms with Crippen LogP contribution in [0.2, 0.25) is 5.02 Å². The van der Waals surface area contributed by atoms with E-state index in [1.807, 2.05) is 11.6 Å². The fourth-order valence-electron chi connectivity index (χ4n) is 2.91. The molecule has 1 aromatic heterocycles. The van der Waals surface area contributed by atoms with Crippen LogP contribution in [0, 0.1) is 5.82 Å². The van der Waals surface area contributed by atoms with Crippen LogP contribution in [0.4, 0.5) is 4.39 Å². The first-order valence-electron chi connectivity index (χ1n) is 7.38. The number of benzene rings is 1. The summed E-state index contributed by atoms with van der Waals surface area (Å²) in [6.07, 6.45) is 3.27. The van der Waals surface area contributed by atoms with E-state index in [9.17, 15) is 9.50 Å². The summed E-state index contributed by atoms with van der Waals surface area (Å²) in [5, 5.41) is 13.8. The molecule has 1 aromatic carbocycles. The summed E-state index contributed by atoms with van der Waals surface area (Å²) < 4.78 is 13.1. The number of β-amino-alcohol motifs (C(OH)–C–C–N with tert-alkyl or cyclic N) is 1. The van der Waals surface area contributed by atoms with E-state index in [0.29, 0.717) is 18.0 Å². The van der Waals surface area contributed by atoms with Crippen LogP contribution in [-0.4, -0.2) is 34.6 Å². The van der Waals surface area contributed by atoms with E-state index in [0.717, 1.165) is 25.9 Å². The van der Waals surface area contributed by atoms with E-state index in [1.54, 1.807) is 17.4 Å². The molecule has 6 heteroatoms. The summed E-state index contributed by atoms with van der Waals surface area (Å²) in [4.78, 5) is 6.62. The van der Waals surface area contributed by atoms with Gasteiger partial charge in [0.05, 0.1) is 11.1 Å². The zero-order valence-corrected chi connectivity index (χ0v) is 13.7. The minimum atomic E-state index is -0.690. The lowest BCUT2D eigenvalue weighted by molar-refractivity contribution is 0.0972. The Morgan fingerprint density at radius 1 is 1.41 bits per heavy atom. The maximum atomic E-state index is 13.1. The first-order valence-corrected chi connectivity index (χ1v) is 8.64. The van der Waals surface area contributed by atoms with Crippen molar-refractivity contribution in [3.05, 3.63) is 51.2 Å². The maximum absolute atomic E-state index is 13.1. The molecule has 0 aliphatic carbocycles. The summed E-state index contributed by atoms with van der Waals surface area (Å²) in [5.41, 5.74) is 0.588. The van der Waals surface area contributed by atoms with Crippen molar-refractivity contribution >= 4 is 22.9 Å². The van der Waals surface area contributed by atoms with E-state index in [-0.39, 0.29) is 10.8 Å². The molecule has 0 bridgehead atoms. The third-order valence-corrected chi connectivity index (χ3v) is 5.41. The van der Waals surface area contributed by atoms with Crippen molar-refractivity contribution in [3.63, 3.8) is 0 Å². The molecule has 22 heavy (non-hydrogen) atoms. The molecule has 1 N–H and O–H groups in total. The fourth-order valence-corrected chi connectivity index (χ4v) is 4.02. The first-order chi connectivity index (χ1) is 10.6. The minimum Gasteiger partial charge on any atom is -0.387 e. The number of aromatic nitrogens is 1. The average molecular weight is 341 g/mol. The van der Waals surface area contributed by atoms with E-state index >= 15 is 0 Å². The molecule has 3 nitrogen and oxygen atoms in total. The van der Waals surface area contributed by atoms with Gasteiger partial charge >= 0.3 is 0 Å². The average Bonchev–Trinajstić information content (AvgIpc) is 3.02. The number of halogens is 2. The molecule has 1 saturated heterocycles. The summed E-state index contributed by atoms with van der Waals surface area (Å²) in [6.45, 7) is 2.39. The predicted octanol–water partition coefficient (Wildman–Crippen LogP) is 3.85. The lowest BCUT2D eigenvalue weighted by Gasteiger charge is -2.32. The fraction of sp³-hybridized carbons (Fsp3) is 0.438. The van der Waals surface area contributed by atoms with E-state index in [1.165, 1.54) is 17.1 Å². The van der Waals surface area contributed by atoms with Gasteiger partial charge in [0, 0.05) is 34.6 Å². The van der Waals surface area contributed by atoms with Crippen LogP contribution in [-0.2, 0) is 0 Å². The molecule has 0 radical (unpaired) electrons. The van der Waals surface area contributed by atoms with E-state index in [4.69, 9.17) is 11.6 Å². The molecule has 0 amide bonds. The van der Waals surface area contributed by atoms with Crippen molar-refractivity contribution in [2.24, 2.45) is 0 Å². The van der Waals surface area contributed by atoms with Gasteiger partial charge in [-0.3, -0.25) is 0 Å². The van der Waals surface area contributed by atoms with Crippen LogP contribution < -0.4 is 0 Å². The Morgan fingerprint density at radius 2 is 2.18 bits per heavy atom. The Balaban J connectivity index is 1.56. The van der Waals surface area contributed by atoms with E-state index in [2.05, 4.69) is 9.88 Å². The van der Waals surface area contributed by atoms with Crippen LogP contribution in [0.5, 0.6) is 0 Å². The van der Waals surface area contributed by atoms with Gasteiger partial charge in [0.25, 0.3) is 0 Å². The molecule has 1 aliphatic rings. The highest BCUT2D eigenvalue weighted by atomic mass is 35.5. The zero-order chi connectivity index (χ0) is 15.5. The number of thiazole rings is 1. The summed E-state index contributed by atoms with van der Waals surface area (Å²) >= 11 is 7.72. The Labute approximate surface area is 138 Å². The summed E-state index contributed by atoms with van der Waals surface area (Å²) in [7, 11) is 0. The second-order valence-corrected chi connectivity index (χ2v) is 6.96. The van der Waals surface area contributed by atoms with Crippen LogP contribution in [0.25, 0.3) is 0 Å². The molecule has 0 unspecified atom stereocenters. The number of nitrogens with zero attached hydrogens (tertiary/aromatic N) is 2. The SMILES string of the molecule is O[C@@H](CN1CCC(c2nccs2)CC1)c1ccc(F)cc1Cl. The number of hydrogen-bond acceptors (Lipinski definition) is 4. The highest BCUT2D eigenvalue weighted by Crippen LogP contribution is 2.31. The number of rotatable bonds is 4. The standard InChI is InChI=1S/C16H18ClFN2OS/c17-14-9-12(18)1-2-13(14)15(21)10-20-6-3-11(4-7-20)16-19-5-8-22-16/h1-2,5,8-9,11,15,21H,3-4,6-7,10H2/t15-/m0/s1. The van der Waals surface area contributed by atoms with Crippen LogP contribution in [0.15, 0.2) is 29.8 Å². The van der Waals surface area contributed by atoms with Gasteiger partial charge in [0.1, 0.15) is 5.82 Å². The molecular weight excluding hydrogens is 323 g/mol. The molecule has 2 heterocycles. The predicted molar refractivity (Wildman–Crippen MR) is 86.9 cm³/mol. The largest absolute Gasteiger partial charge is 0.387 e. The number of aliphatic hydroxyl groups is 1. The number of likely N-dealkylation sites (tertiary alicyclic amines) is 1. The van der Waals surface area contributed by atoms with Gasteiger partial charge in [-0.2, -0.15) is 0 Å². The van der Waals surface area contributed by atoms with Crippen molar-refractivity contribution in [2.45, 2.75) is 24.9 Å². The van der Waals surface area contributed by atoms with Gasteiger partial charge in [-0.05, 0) is 38.1 Å². The number of aliphatic hydroxyl groups excluding tert-OH is 1. The summed E-state index contributed by atoms with van der Waals surface area (Å²) in [5.74, 6) is 0.146. The monoisotopic (exact) mass is 340 g/mol. The number of piperidine rings is 1. The Morgan fingerprint density at radius 3 is 2.82 bits per heavy atom. The molecular formula is C16H18ClFN2OS. The lowest BCUT2D eigenvalue weighted by atomic mass is 9.97. The topological polar surface area (TPSA) is 36.4 Å². The van der Waals surface area contributed by atoms with Crippen LogP contribution in [0.1, 0.15) is 35.4 Å². The first kappa shape index (κ1) is 15.9. The van der Waals surface area contributed by atoms with Crippen molar-refractivity contribution in [1.82, 2.24) is 9.88 Å². The zero-order valence-electron chi connectivity index (χ0n) is 12.1.